The Morgan fingerprint density at radius 3 is 2.47 bits per heavy atom. The zero-order valence-electron chi connectivity index (χ0n) is 18.5. The standard InChI is InChI=1S/C26H23ClN2O5/c1-15-5-4-6-19-23(15)25(32)29(24(19)31)17-9-11-18(12-10-17)34-26(33)16-13-22(30)28(14-16)21-8-3-2-7-20(21)27/h2-5,7-12,15-16,19,23H,6,13-14H2,1H3/t15-,16+,19+,23+/m1/s1. The van der Waals surface area contributed by atoms with E-state index in [1.807, 2.05) is 19.1 Å². The molecule has 2 heterocycles. The molecular weight excluding hydrogens is 456 g/mol. The van der Waals surface area contributed by atoms with Crippen molar-refractivity contribution in [2.45, 2.75) is 19.8 Å². The fraction of sp³-hybridized carbons (Fsp3) is 0.308. The van der Waals surface area contributed by atoms with Crippen molar-refractivity contribution in [3.8, 4) is 5.75 Å². The maximum atomic E-state index is 12.9. The number of fused-ring (bicyclic) bond motifs is 1. The van der Waals surface area contributed by atoms with Crippen molar-refractivity contribution < 1.29 is 23.9 Å². The number of imide groups is 1. The Morgan fingerprint density at radius 1 is 1.03 bits per heavy atom. The highest BCUT2D eigenvalue weighted by atomic mass is 35.5. The van der Waals surface area contributed by atoms with E-state index >= 15 is 0 Å². The van der Waals surface area contributed by atoms with E-state index in [0.29, 0.717) is 22.8 Å². The Kier molecular flexibility index (Phi) is 5.73. The number of anilines is 2. The summed E-state index contributed by atoms with van der Waals surface area (Å²) in [6.45, 7) is 2.14. The summed E-state index contributed by atoms with van der Waals surface area (Å²) in [5, 5.41) is 0.441. The van der Waals surface area contributed by atoms with E-state index in [9.17, 15) is 19.2 Å². The lowest BCUT2D eigenvalue weighted by atomic mass is 9.78. The largest absolute Gasteiger partial charge is 0.426 e. The molecule has 34 heavy (non-hydrogen) atoms. The molecule has 1 aliphatic carbocycles. The molecule has 0 unspecified atom stereocenters. The first-order valence-corrected chi connectivity index (χ1v) is 11.6. The third-order valence-electron chi connectivity index (χ3n) is 6.79. The first-order chi connectivity index (χ1) is 16.3. The molecule has 0 spiro atoms. The number of hydrogen-bond acceptors (Lipinski definition) is 5. The maximum Gasteiger partial charge on any atom is 0.316 e. The van der Waals surface area contributed by atoms with E-state index < -0.39 is 11.9 Å². The minimum atomic E-state index is -0.623. The highest BCUT2D eigenvalue weighted by molar-refractivity contribution is 6.34. The molecule has 4 atom stereocenters. The van der Waals surface area contributed by atoms with Gasteiger partial charge in [-0.2, -0.15) is 0 Å². The van der Waals surface area contributed by atoms with Gasteiger partial charge in [0.05, 0.1) is 34.2 Å². The molecule has 2 saturated heterocycles. The van der Waals surface area contributed by atoms with Crippen LogP contribution >= 0.6 is 11.6 Å². The van der Waals surface area contributed by atoms with Gasteiger partial charge in [0.15, 0.2) is 0 Å². The molecule has 174 valence electrons. The van der Waals surface area contributed by atoms with Crippen molar-refractivity contribution in [1.29, 1.82) is 0 Å². The van der Waals surface area contributed by atoms with Crippen molar-refractivity contribution in [1.82, 2.24) is 0 Å². The molecule has 0 saturated carbocycles. The van der Waals surface area contributed by atoms with Gasteiger partial charge < -0.3 is 9.64 Å². The fourth-order valence-electron chi connectivity index (χ4n) is 5.03. The zero-order chi connectivity index (χ0) is 24.0. The molecule has 2 aromatic carbocycles. The summed E-state index contributed by atoms with van der Waals surface area (Å²) in [7, 11) is 0. The van der Waals surface area contributed by atoms with Gasteiger partial charge in [-0.15, -0.1) is 0 Å². The SMILES string of the molecule is C[C@@H]1C=CC[C@@H]2C(=O)N(c3ccc(OC(=O)[C@H]4CC(=O)N(c5ccccc5Cl)C4)cc3)C(=O)[C@@H]12. The molecule has 2 aromatic rings. The van der Waals surface area contributed by atoms with Gasteiger partial charge in [0, 0.05) is 13.0 Å². The highest BCUT2D eigenvalue weighted by Gasteiger charge is 2.50. The van der Waals surface area contributed by atoms with Gasteiger partial charge in [-0.25, -0.2) is 0 Å². The minimum absolute atomic E-state index is 0.0138. The number of para-hydroxylation sites is 1. The number of amides is 3. The summed E-state index contributed by atoms with van der Waals surface area (Å²) >= 11 is 6.20. The average Bonchev–Trinajstić information content (AvgIpc) is 3.33. The number of carbonyl (C=O) groups is 4. The van der Waals surface area contributed by atoms with Gasteiger partial charge in [-0.05, 0) is 48.7 Å². The predicted octanol–water partition coefficient (Wildman–Crippen LogP) is 4.00. The van der Waals surface area contributed by atoms with Crippen LogP contribution in [0.1, 0.15) is 19.8 Å². The van der Waals surface area contributed by atoms with Crippen molar-refractivity contribution in [3.05, 3.63) is 65.7 Å². The number of halogens is 1. The summed E-state index contributed by atoms with van der Waals surface area (Å²) in [6.07, 6.45) is 4.55. The Hall–Kier alpha value is -3.45. The smallest absolute Gasteiger partial charge is 0.316 e. The highest BCUT2D eigenvalue weighted by Crippen LogP contribution is 2.40. The number of allylic oxidation sites excluding steroid dienone is 2. The molecule has 0 bridgehead atoms. The lowest BCUT2D eigenvalue weighted by molar-refractivity contribution is -0.139. The summed E-state index contributed by atoms with van der Waals surface area (Å²) < 4.78 is 5.49. The molecule has 3 amide bonds. The van der Waals surface area contributed by atoms with Crippen LogP contribution in [0.25, 0.3) is 0 Å². The zero-order valence-corrected chi connectivity index (χ0v) is 19.3. The second-order valence-corrected chi connectivity index (χ2v) is 9.35. The number of rotatable bonds is 4. The average molecular weight is 479 g/mol. The first kappa shape index (κ1) is 22.3. The van der Waals surface area contributed by atoms with Crippen molar-refractivity contribution >= 4 is 46.7 Å². The van der Waals surface area contributed by atoms with Crippen LogP contribution in [0.5, 0.6) is 5.75 Å². The van der Waals surface area contributed by atoms with E-state index in [1.54, 1.807) is 48.5 Å². The molecule has 0 aromatic heterocycles. The monoisotopic (exact) mass is 478 g/mol. The first-order valence-electron chi connectivity index (χ1n) is 11.3. The van der Waals surface area contributed by atoms with Gasteiger partial charge in [0.25, 0.3) is 0 Å². The Bertz CT molecular complexity index is 1210. The molecule has 0 N–H and O–H groups in total. The number of hydrogen-bond donors (Lipinski definition) is 0. The molecule has 2 aliphatic heterocycles. The molecule has 8 heteroatoms. The van der Waals surface area contributed by atoms with Crippen LogP contribution in [0.15, 0.2) is 60.7 Å². The van der Waals surface area contributed by atoms with Crippen LogP contribution < -0.4 is 14.5 Å². The molecule has 3 aliphatic rings. The van der Waals surface area contributed by atoms with E-state index in [2.05, 4.69) is 0 Å². The van der Waals surface area contributed by atoms with Gasteiger partial charge in [0.1, 0.15) is 5.75 Å². The van der Waals surface area contributed by atoms with Crippen molar-refractivity contribution in [2.24, 2.45) is 23.7 Å². The number of ether oxygens (including phenoxy) is 1. The lowest BCUT2D eigenvalue weighted by Crippen LogP contribution is -2.31. The third kappa shape index (κ3) is 3.80. The van der Waals surface area contributed by atoms with Crippen LogP contribution in [0.2, 0.25) is 5.02 Å². The molecular formula is C26H23ClN2O5. The van der Waals surface area contributed by atoms with E-state index in [-0.39, 0.29) is 54.2 Å². The Labute approximate surface area is 201 Å². The number of nitrogens with zero attached hydrogens (tertiary/aromatic N) is 2. The van der Waals surface area contributed by atoms with Crippen molar-refractivity contribution in [2.75, 3.05) is 16.3 Å². The van der Waals surface area contributed by atoms with Crippen LogP contribution in [-0.2, 0) is 19.2 Å². The quantitative estimate of drug-likeness (QED) is 0.287. The van der Waals surface area contributed by atoms with Gasteiger partial charge in [-0.3, -0.25) is 24.1 Å². The van der Waals surface area contributed by atoms with Gasteiger partial charge >= 0.3 is 5.97 Å². The van der Waals surface area contributed by atoms with Crippen LogP contribution in [0, 0.1) is 23.7 Å². The van der Waals surface area contributed by atoms with E-state index in [4.69, 9.17) is 16.3 Å². The summed E-state index contributed by atoms with van der Waals surface area (Å²) in [6, 6.07) is 13.3. The predicted molar refractivity (Wildman–Crippen MR) is 126 cm³/mol. The third-order valence-corrected chi connectivity index (χ3v) is 7.11. The minimum Gasteiger partial charge on any atom is -0.426 e. The summed E-state index contributed by atoms with van der Waals surface area (Å²) in [5.74, 6) is -2.09. The summed E-state index contributed by atoms with van der Waals surface area (Å²) in [4.78, 5) is 53.7. The van der Waals surface area contributed by atoms with Crippen LogP contribution in [0.4, 0.5) is 11.4 Å². The van der Waals surface area contributed by atoms with E-state index in [0.717, 1.165) is 0 Å². The number of esters is 1. The van der Waals surface area contributed by atoms with Crippen LogP contribution in [-0.4, -0.2) is 30.2 Å². The normalized spacial score (nSPS) is 26.2. The molecule has 5 rings (SSSR count). The molecule has 2 fully saturated rings. The number of benzene rings is 2. The second kappa shape index (κ2) is 8.72. The van der Waals surface area contributed by atoms with Gasteiger partial charge in [0.2, 0.25) is 17.7 Å². The topological polar surface area (TPSA) is 84.0 Å². The fourth-order valence-corrected chi connectivity index (χ4v) is 5.27. The van der Waals surface area contributed by atoms with Gasteiger partial charge in [-0.1, -0.05) is 42.8 Å². The number of carbonyl (C=O) groups excluding carboxylic acids is 4. The van der Waals surface area contributed by atoms with Crippen LogP contribution in [0.3, 0.4) is 0 Å². The lowest BCUT2D eigenvalue weighted by Gasteiger charge is -2.22. The Morgan fingerprint density at radius 2 is 1.76 bits per heavy atom. The second-order valence-electron chi connectivity index (χ2n) is 8.94. The Balaban J connectivity index is 1.26. The van der Waals surface area contributed by atoms with E-state index in [1.165, 1.54) is 9.80 Å². The molecule has 7 nitrogen and oxygen atoms in total. The summed E-state index contributed by atoms with van der Waals surface area (Å²) in [5.41, 5.74) is 1.02. The van der Waals surface area contributed by atoms with Crippen molar-refractivity contribution in [3.63, 3.8) is 0 Å². The molecule has 0 radical (unpaired) electrons. The maximum absolute atomic E-state index is 12.9.